The molecule has 3 rings (SSSR count). The molecule has 0 fully saturated rings. The fourth-order valence-electron chi connectivity index (χ4n) is 2.78. The van der Waals surface area contributed by atoms with Crippen molar-refractivity contribution in [3.8, 4) is 6.07 Å². The van der Waals surface area contributed by atoms with Gasteiger partial charge in [0, 0.05) is 34.9 Å². The van der Waals surface area contributed by atoms with Crippen LogP contribution in [-0.4, -0.2) is 20.6 Å². The predicted octanol–water partition coefficient (Wildman–Crippen LogP) is 4.75. The van der Waals surface area contributed by atoms with Crippen molar-refractivity contribution in [2.45, 2.75) is 12.7 Å². The number of hydrogen-bond donors (Lipinski definition) is 1. The third-order valence-corrected chi connectivity index (χ3v) is 4.17. The van der Waals surface area contributed by atoms with Crippen molar-refractivity contribution in [1.82, 2.24) is 9.55 Å². The topological polar surface area (TPSA) is 78.9 Å². The van der Waals surface area contributed by atoms with Crippen LogP contribution in [0.4, 0.5) is 13.2 Å². The number of benzene rings is 1. The van der Waals surface area contributed by atoms with Gasteiger partial charge in [0.2, 0.25) is 0 Å². The van der Waals surface area contributed by atoms with Crippen LogP contribution in [0.5, 0.6) is 0 Å². The molecular weight excluding hydrogens is 395 g/mol. The summed E-state index contributed by atoms with van der Waals surface area (Å²) in [6.45, 7) is 0.0277. The van der Waals surface area contributed by atoms with Gasteiger partial charge in [-0.1, -0.05) is 11.6 Å². The summed E-state index contributed by atoms with van der Waals surface area (Å²) < 4.78 is 40.7. The number of alkyl halides is 3. The van der Waals surface area contributed by atoms with Crippen LogP contribution >= 0.6 is 11.6 Å². The highest BCUT2D eigenvalue weighted by Gasteiger charge is 2.31. The minimum atomic E-state index is -4.53. The molecule has 2 aromatic heterocycles. The van der Waals surface area contributed by atoms with Gasteiger partial charge in [-0.3, -0.25) is 0 Å². The van der Waals surface area contributed by atoms with Crippen LogP contribution in [0.1, 0.15) is 16.7 Å². The van der Waals surface area contributed by atoms with Crippen LogP contribution < -0.4 is 0 Å². The number of hydrogen-bond acceptors (Lipinski definition) is 3. The molecule has 28 heavy (non-hydrogen) atoms. The zero-order valence-electron chi connectivity index (χ0n) is 14.0. The predicted molar refractivity (Wildman–Crippen MR) is 96.5 cm³/mol. The number of carbonyl (C=O) groups is 1. The van der Waals surface area contributed by atoms with Gasteiger partial charge in [0.1, 0.15) is 17.3 Å². The molecule has 0 aliphatic carbocycles. The molecule has 0 saturated carbocycles. The summed E-state index contributed by atoms with van der Waals surface area (Å²) >= 11 is 5.83. The normalized spacial score (nSPS) is 12.2. The van der Waals surface area contributed by atoms with Crippen molar-refractivity contribution in [3.63, 3.8) is 0 Å². The number of nitrogens with zero attached hydrogens (tertiary/aromatic N) is 3. The first kappa shape index (κ1) is 19.5. The minimum Gasteiger partial charge on any atom is -0.477 e. The maximum Gasteiger partial charge on any atom is 0.416 e. The second kappa shape index (κ2) is 7.37. The molecule has 9 heteroatoms. The average molecular weight is 406 g/mol. The van der Waals surface area contributed by atoms with E-state index in [1.807, 2.05) is 0 Å². The molecule has 1 aromatic carbocycles. The Morgan fingerprint density at radius 1 is 1.36 bits per heavy atom. The summed E-state index contributed by atoms with van der Waals surface area (Å²) in [5, 5.41) is 18.5. The Balaban J connectivity index is 2.10. The van der Waals surface area contributed by atoms with Gasteiger partial charge in [-0.2, -0.15) is 18.4 Å². The molecule has 1 N–H and O–H groups in total. The lowest BCUT2D eigenvalue weighted by atomic mass is 10.1. The van der Waals surface area contributed by atoms with Gasteiger partial charge in [0.25, 0.3) is 0 Å². The molecule has 0 aliphatic heterocycles. The standard InChI is InChI=1S/C19H11ClF3N3O2/c20-15-5-11(4-14(7-15)19(21,22)23)9-26-10-13(6-12(8-24)18(27)28)16-2-1-3-25-17(16)26/h1-7,10H,9H2,(H,27,28)/b12-6+. The number of nitriles is 1. The van der Waals surface area contributed by atoms with Crippen LogP contribution in [0.25, 0.3) is 17.1 Å². The van der Waals surface area contributed by atoms with Crippen molar-refractivity contribution in [3.05, 3.63) is 70.0 Å². The number of fused-ring (bicyclic) bond motifs is 1. The lowest BCUT2D eigenvalue weighted by Crippen LogP contribution is -2.07. The number of rotatable bonds is 4. The summed E-state index contributed by atoms with van der Waals surface area (Å²) in [4.78, 5) is 15.3. The maximum absolute atomic E-state index is 13.0. The van der Waals surface area contributed by atoms with E-state index in [4.69, 9.17) is 22.0 Å². The minimum absolute atomic E-state index is 0.0277. The highest BCUT2D eigenvalue weighted by molar-refractivity contribution is 6.30. The van der Waals surface area contributed by atoms with E-state index in [1.54, 1.807) is 22.8 Å². The van der Waals surface area contributed by atoms with E-state index < -0.39 is 23.3 Å². The van der Waals surface area contributed by atoms with Crippen molar-refractivity contribution in [1.29, 1.82) is 5.26 Å². The zero-order valence-corrected chi connectivity index (χ0v) is 14.8. The van der Waals surface area contributed by atoms with Crippen LogP contribution in [0.15, 0.2) is 48.3 Å². The summed E-state index contributed by atoms with van der Waals surface area (Å²) in [7, 11) is 0. The molecule has 5 nitrogen and oxygen atoms in total. The molecule has 0 radical (unpaired) electrons. The largest absolute Gasteiger partial charge is 0.477 e. The fourth-order valence-corrected chi connectivity index (χ4v) is 3.04. The third-order valence-electron chi connectivity index (χ3n) is 3.95. The zero-order chi connectivity index (χ0) is 20.5. The number of carboxylic acid groups (broad SMARTS) is 1. The molecule has 0 aliphatic rings. The molecule has 0 amide bonds. The van der Waals surface area contributed by atoms with Gasteiger partial charge in [0.05, 0.1) is 5.56 Å². The van der Waals surface area contributed by atoms with E-state index in [1.165, 1.54) is 24.5 Å². The van der Waals surface area contributed by atoms with Crippen molar-refractivity contribution < 1.29 is 23.1 Å². The van der Waals surface area contributed by atoms with Crippen molar-refractivity contribution >= 4 is 34.7 Å². The molecular formula is C19H11ClF3N3O2. The van der Waals surface area contributed by atoms with E-state index in [-0.39, 0.29) is 11.6 Å². The number of carboxylic acids is 1. The Morgan fingerprint density at radius 3 is 2.75 bits per heavy atom. The highest BCUT2D eigenvalue weighted by atomic mass is 35.5. The van der Waals surface area contributed by atoms with E-state index in [9.17, 15) is 18.0 Å². The smallest absolute Gasteiger partial charge is 0.416 e. The van der Waals surface area contributed by atoms with E-state index in [0.717, 1.165) is 12.1 Å². The summed E-state index contributed by atoms with van der Waals surface area (Å²) in [6.07, 6.45) is -0.296. The van der Waals surface area contributed by atoms with Gasteiger partial charge in [-0.05, 0) is 42.0 Å². The van der Waals surface area contributed by atoms with Gasteiger partial charge in [-0.25, -0.2) is 9.78 Å². The fraction of sp³-hybridized carbons (Fsp3) is 0.105. The molecule has 0 bridgehead atoms. The third kappa shape index (κ3) is 4.00. The van der Waals surface area contributed by atoms with Gasteiger partial charge in [-0.15, -0.1) is 0 Å². The Hall–Kier alpha value is -3.31. The maximum atomic E-state index is 13.0. The quantitative estimate of drug-likeness (QED) is 0.502. The number of pyridine rings is 1. The molecule has 0 unspecified atom stereocenters. The second-order valence-electron chi connectivity index (χ2n) is 5.91. The molecule has 0 saturated heterocycles. The first-order valence-electron chi connectivity index (χ1n) is 7.84. The van der Waals surface area contributed by atoms with Crippen LogP contribution in [0.3, 0.4) is 0 Å². The van der Waals surface area contributed by atoms with Crippen LogP contribution in [0, 0.1) is 11.3 Å². The number of aliphatic carboxylic acids is 1. The Bertz CT molecular complexity index is 1140. The Morgan fingerprint density at radius 2 is 2.11 bits per heavy atom. The lowest BCUT2D eigenvalue weighted by Gasteiger charge is -2.11. The van der Waals surface area contributed by atoms with Crippen LogP contribution in [-0.2, 0) is 17.5 Å². The first-order chi connectivity index (χ1) is 13.2. The van der Waals surface area contributed by atoms with E-state index in [0.29, 0.717) is 22.2 Å². The Kier molecular flexibility index (Phi) is 5.12. The molecule has 142 valence electrons. The highest BCUT2D eigenvalue weighted by Crippen LogP contribution is 2.32. The molecule has 0 atom stereocenters. The summed E-state index contributed by atoms with van der Waals surface area (Å²) in [6, 6.07) is 8.17. The number of aromatic nitrogens is 2. The monoisotopic (exact) mass is 405 g/mol. The van der Waals surface area contributed by atoms with Gasteiger partial charge in [0.15, 0.2) is 0 Å². The van der Waals surface area contributed by atoms with Crippen molar-refractivity contribution in [2.24, 2.45) is 0 Å². The SMILES string of the molecule is N#C/C(=C\c1cn(Cc2cc(Cl)cc(C(F)(F)F)c2)c2ncccc12)C(=O)O. The summed E-state index contributed by atoms with van der Waals surface area (Å²) in [5.74, 6) is -1.38. The van der Waals surface area contributed by atoms with Gasteiger partial charge >= 0.3 is 12.1 Å². The number of halogens is 4. The Labute approximate surface area is 161 Å². The first-order valence-corrected chi connectivity index (χ1v) is 8.22. The average Bonchev–Trinajstić information content (AvgIpc) is 2.96. The molecule has 3 aromatic rings. The molecule has 2 heterocycles. The van der Waals surface area contributed by atoms with Crippen molar-refractivity contribution in [2.75, 3.05) is 0 Å². The summed E-state index contributed by atoms with van der Waals surface area (Å²) in [5.41, 5.74) is -0.177. The van der Waals surface area contributed by atoms with E-state index >= 15 is 0 Å². The molecule has 0 spiro atoms. The van der Waals surface area contributed by atoms with E-state index in [2.05, 4.69) is 4.98 Å². The lowest BCUT2D eigenvalue weighted by molar-refractivity contribution is -0.137. The van der Waals surface area contributed by atoms with Crippen LogP contribution in [0.2, 0.25) is 5.02 Å². The second-order valence-corrected chi connectivity index (χ2v) is 6.34. The van der Waals surface area contributed by atoms with Gasteiger partial charge < -0.3 is 9.67 Å².